The van der Waals surface area contributed by atoms with Crippen LogP contribution in [0.5, 0.6) is 0 Å². The molecule has 1 aromatic heterocycles. The van der Waals surface area contributed by atoms with Crippen LogP contribution < -0.4 is 10.2 Å². The summed E-state index contributed by atoms with van der Waals surface area (Å²) in [6, 6.07) is 13.3. The third kappa shape index (κ3) is 5.64. The Balaban J connectivity index is 1.27. The molecule has 0 aliphatic carbocycles. The summed E-state index contributed by atoms with van der Waals surface area (Å²) in [5.74, 6) is -1.17. The zero-order valence-corrected chi connectivity index (χ0v) is 21.6. The molecule has 1 N–H and O–H groups in total. The lowest BCUT2D eigenvalue weighted by Gasteiger charge is -2.39. The number of anilines is 1. The number of hydrogen-bond acceptors (Lipinski definition) is 3. The fourth-order valence-electron chi connectivity index (χ4n) is 5.17. The standard InChI is InChI=1S/C28H26Cl2F2N4O/c29-21-5-3-19(4-6-21)2-1-11-35-12-8-28(9-13-35)18-36(25-16-24(31)23(30)15-22(25)28)27(37)34-17-20-7-10-33-26(32)14-20/h1-7,10,14-16H,8-9,11-13,17-18H2,(H,34,37). The van der Waals surface area contributed by atoms with Gasteiger partial charge in [-0.15, -0.1) is 0 Å². The molecule has 0 atom stereocenters. The fourth-order valence-corrected chi connectivity index (χ4v) is 5.46. The van der Waals surface area contributed by atoms with Crippen LogP contribution in [0.4, 0.5) is 19.3 Å². The Kier molecular flexibility index (Phi) is 7.47. The maximum atomic E-state index is 14.5. The molecule has 1 fully saturated rings. The highest BCUT2D eigenvalue weighted by Gasteiger charge is 2.46. The van der Waals surface area contributed by atoms with Crippen LogP contribution in [-0.4, -0.2) is 42.1 Å². The summed E-state index contributed by atoms with van der Waals surface area (Å²) in [4.78, 5) is 20.7. The third-order valence-corrected chi connectivity index (χ3v) is 7.74. The van der Waals surface area contributed by atoms with Gasteiger partial charge in [0.1, 0.15) is 5.82 Å². The number of carbonyl (C=O) groups is 1. The van der Waals surface area contributed by atoms with Crippen LogP contribution in [0, 0.1) is 11.8 Å². The number of carbonyl (C=O) groups excluding carboxylic acids is 1. The maximum absolute atomic E-state index is 14.5. The Morgan fingerprint density at radius 2 is 1.84 bits per heavy atom. The molecule has 1 saturated heterocycles. The largest absolute Gasteiger partial charge is 0.334 e. The number of nitrogens with zero attached hydrogens (tertiary/aromatic N) is 3. The number of urea groups is 1. The van der Waals surface area contributed by atoms with Gasteiger partial charge in [0.05, 0.1) is 10.7 Å². The van der Waals surface area contributed by atoms with Crippen LogP contribution in [0.2, 0.25) is 10.0 Å². The van der Waals surface area contributed by atoms with Crippen LogP contribution in [-0.2, 0) is 12.0 Å². The van der Waals surface area contributed by atoms with E-state index in [1.54, 1.807) is 17.0 Å². The predicted octanol–water partition coefficient (Wildman–Crippen LogP) is 6.44. The molecule has 2 amide bonds. The molecule has 37 heavy (non-hydrogen) atoms. The van der Waals surface area contributed by atoms with Crippen LogP contribution >= 0.6 is 23.2 Å². The van der Waals surface area contributed by atoms with E-state index in [1.807, 2.05) is 24.3 Å². The first-order valence-corrected chi connectivity index (χ1v) is 12.9. The Hall–Kier alpha value is -3.00. The van der Waals surface area contributed by atoms with Gasteiger partial charge in [0.2, 0.25) is 5.95 Å². The highest BCUT2D eigenvalue weighted by molar-refractivity contribution is 6.31. The molecular weight excluding hydrogens is 517 g/mol. The van der Waals surface area contributed by atoms with Crippen molar-refractivity contribution in [2.24, 2.45) is 0 Å². The minimum atomic E-state index is -0.608. The molecule has 3 aromatic rings. The molecule has 2 aliphatic heterocycles. The first-order chi connectivity index (χ1) is 17.8. The van der Waals surface area contributed by atoms with Gasteiger partial charge in [-0.25, -0.2) is 14.2 Å². The molecule has 1 spiro atoms. The SMILES string of the molecule is O=C(NCc1ccnc(F)c1)N1CC2(CCN(CC=Cc3ccc(Cl)cc3)CC2)c2cc(Cl)c(F)cc21. The van der Waals surface area contributed by atoms with Crippen molar-refractivity contribution in [3.63, 3.8) is 0 Å². The van der Waals surface area contributed by atoms with Gasteiger partial charge in [0.25, 0.3) is 0 Å². The van der Waals surface area contributed by atoms with Crippen molar-refractivity contribution < 1.29 is 13.6 Å². The fraction of sp³-hybridized carbons (Fsp3) is 0.286. The van der Waals surface area contributed by atoms with Gasteiger partial charge in [-0.2, -0.15) is 4.39 Å². The molecule has 5 nitrogen and oxygen atoms in total. The lowest BCUT2D eigenvalue weighted by molar-refractivity contribution is 0.180. The topological polar surface area (TPSA) is 48.5 Å². The highest BCUT2D eigenvalue weighted by atomic mass is 35.5. The Morgan fingerprint density at radius 1 is 1.08 bits per heavy atom. The van der Waals surface area contributed by atoms with Crippen molar-refractivity contribution in [2.75, 3.05) is 31.1 Å². The molecule has 0 saturated carbocycles. The van der Waals surface area contributed by atoms with Gasteiger partial charge in [-0.05, 0) is 79.0 Å². The number of hydrogen-bond donors (Lipinski definition) is 1. The van der Waals surface area contributed by atoms with Gasteiger partial charge in [0, 0.05) is 36.3 Å². The van der Waals surface area contributed by atoms with E-state index in [0.29, 0.717) is 22.8 Å². The number of nitrogens with one attached hydrogen (secondary N) is 1. The number of likely N-dealkylation sites (tertiary alicyclic amines) is 1. The minimum Gasteiger partial charge on any atom is -0.334 e. The van der Waals surface area contributed by atoms with Gasteiger partial charge in [-0.3, -0.25) is 9.80 Å². The molecule has 0 radical (unpaired) electrons. The number of rotatable bonds is 5. The van der Waals surface area contributed by atoms with Gasteiger partial charge >= 0.3 is 6.03 Å². The minimum absolute atomic E-state index is 0.0565. The van der Waals surface area contributed by atoms with Crippen LogP contribution in [0.1, 0.15) is 29.5 Å². The highest BCUT2D eigenvalue weighted by Crippen LogP contribution is 2.48. The van der Waals surface area contributed by atoms with Crippen molar-refractivity contribution in [1.29, 1.82) is 0 Å². The Bertz CT molecular complexity index is 1320. The summed E-state index contributed by atoms with van der Waals surface area (Å²) in [5, 5.41) is 3.60. The number of amides is 2. The van der Waals surface area contributed by atoms with Crippen molar-refractivity contribution in [2.45, 2.75) is 24.8 Å². The summed E-state index contributed by atoms with van der Waals surface area (Å²) in [7, 11) is 0. The molecule has 0 bridgehead atoms. The Morgan fingerprint density at radius 3 is 2.57 bits per heavy atom. The molecular formula is C28H26Cl2F2N4O. The predicted molar refractivity (Wildman–Crippen MR) is 143 cm³/mol. The van der Waals surface area contributed by atoms with E-state index in [9.17, 15) is 13.6 Å². The molecule has 5 rings (SSSR count). The zero-order chi connectivity index (χ0) is 26.0. The lowest BCUT2D eigenvalue weighted by atomic mass is 9.74. The van der Waals surface area contributed by atoms with E-state index in [2.05, 4.69) is 27.4 Å². The van der Waals surface area contributed by atoms with Gasteiger partial charge < -0.3 is 5.32 Å². The molecule has 9 heteroatoms. The monoisotopic (exact) mass is 542 g/mol. The van der Waals surface area contributed by atoms with Crippen molar-refractivity contribution in [3.8, 4) is 0 Å². The van der Waals surface area contributed by atoms with Crippen LogP contribution in [0.3, 0.4) is 0 Å². The molecule has 0 unspecified atom stereocenters. The first-order valence-electron chi connectivity index (χ1n) is 12.1. The van der Waals surface area contributed by atoms with E-state index in [1.165, 1.54) is 18.3 Å². The van der Waals surface area contributed by atoms with E-state index in [0.717, 1.165) is 43.6 Å². The van der Waals surface area contributed by atoms with E-state index in [-0.39, 0.29) is 23.0 Å². The van der Waals surface area contributed by atoms with Gasteiger partial charge in [0.15, 0.2) is 0 Å². The smallest absolute Gasteiger partial charge is 0.322 e. The number of benzene rings is 2. The van der Waals surface area contributed by atoms with Crippen molar-refractivity contribution >= 4 is 41.0 Å². The number of aromatic nitrogens is 1. The molecule has 2 aromatic carbocycles. The number of piperidine rings is 1. The average Bonchev–Trinajstić information content (AvgIpc) is 3.18. The zero-order valence-electron chi connectivity index (χ0n) is 20.1. The van der Waals surface area contributed by atoms with E-state index >= 15 is 0 Å². The normalized spacial score (nSPS) is 16.9. The summed E-state index contributed by atoms with van der Waals surface area (Å²) in [6.07, 6.45) is 7.20. The second kappa shape index (κ2) is 10.8. The molecule has 2 aliphatic rings. The van der Waals surface area contributed by atoms with Crippen LogP contribution in [0.25, 0.3) is 6.08 Å². The lowest BCUT2D eigenvalue weighted by Crippen LogP contribution is -2.47. The molecule has 3 heterocycles. The van der Waals surface area contributed by atoms with Crippen molar-refractivity contribution in [1.82, 2.24) is 15.2 Å². The second-order valence-electron chi connectivity index (χ2n) is 9.55. The summed E-state index contributed by atoms with van der Waals surface area (Å²) in [5.41, 5.74) is 2.83. The number of pyridine rings is 1. The van der Waals surface area contributed by atoms with Crippen LogP contribution in [0.15, 0.2) is 60.8 Å². The third-order valence-electron chi connectivity index (χ3n) is 7.20. The first kappa shape index (κ1) is 25.6. The van der Waals surface area contributed by atoms with E-state index in [4.69, 9.17) is 23.2 Å². The summed E-state index contributed by atoms with van der Waals surface area (Å²) < 4.78 is 27.9. The van der Waals surface area contributed by atoms with E-state index < -0.39 is 11.8 Å². The summed E-state index contributed by atoms with van der Waals surface area (Å²) >= 11 is 12.1. The summed E-state index contributed by atoms with van der Waals surface area (Å²) in [6.45, 7) is 3.06. The Labute approximate surface area is 224 Å². The van der Waals surface area contributed by atoms with Crippen molar-refractivity contribution in [3.05, 3.63) is 99.3 Å². The molecule has 192 valence electrons. The van der Waals surface area contributed by atoms with Gasteiger partial charge in [-0.1, -0.05) is 47.5 Å². The quantitative estimate of drug-likeness (QED) is 0.377. The average molecular weight is 543 g/mol. The number of halogens is 4. The second-order valence-corrected chi connectivity index (χ2v) is 10.4. The number of fused-ring (bicyclic) bond motifs is 2. The maximum Gasteiger partial charge on any atom is 0.322 e.